The Hall–Kier alpha value is -0.460. The highest BCUT2D eigenvalue weighted by atomic mass is 32.1. The summed E-state index contributed by atoms with van der Waals surface area (Å²) in [5.74, 6) is 0. The SMILES string of the molecule is Cc1ccsc1CN1CCN(CCOCCO)CC1. The van der Waals surface area contributed by atoms with E-state index >= 15 is 0 Å². The van der Waals surface area contributed by atoms with Crippen LogP contribution in [0.15, 0.2) is 11.4 Å². The first-order valence-corrected chi connectivity index (χ1v) is 7.84. The molecule has 5 heteroatoms. The van der Waals surface area contributed by atoms with Crippen LogP contribution in [0.4, 0.5) is 0 Å². The molecule has 1 aromatic rings. The van der Waals surface area contributed by atoms with E-state index in [2.05, 4.69) is 28.2 Å². The molecule has 0 saturated carbocycles. The quantitative estimate of drug-likeness (QED) is 0.763. The van der Waals surface area contributed by atoms with Gasteiger partial charge in [-0.05, 0) is 23.9 Å². The summed E-state index contributed by atoms with van der Waals surface area (Å²) >= 11 is 1.86. The average molecular weight is 284 g/mol. The van der Waals surface area contributed by atoms with Gasteiger partial charge in [0.1, 0.15) is 0 Å². The van der Waals surface area contributed by atoms with E-state index in [0.29, 0.717) is 6.61 Å². The van der Waals surface area contributed by atoms with Crippen LogP contribution in [0.5, 0.6) is 0 Å². The molecule has 0 bridgehead atoms. The van der Waals surface area contributed by atoms with Crippen LogP contribution < -0.4 is 0 Å². The van der Waals surface area contributed by atoms with Gasteiger partial charge < -0.3 is 9.84 Å². The van der Waals surface area contributed by atoms with E-state index in [1.165, 1.54) is 10.4 Å². The summed E-state index contributed by atoms with van der Waals surface area (Å²) in [6.07, 6.45) is 0. The van der Waals surface area contributed by atoms with Gasteiger partial charge in [0.15, 0.2) is 0 Å². The van der Waals surface area contributed by atoms with Crippen molar-refractivity contribution < 1.29 is 9.84 Å². The fourth-order valence-electron chi connectivity index (χ4n) is 2.30. The highest BCUT2D eigenvalue weighted by Crippen LogP contribution is 2.18. The number of aliphatic hydroxyl groups is 1. The van der Waals surface area contributed by atoms with Crippen molar-refractivity contribution in [3.05, 3.63) is 21.9 Å². The van der Waals surface area contributed by atoms with Gasteiger partial charge in [-0.25, -0.2) is 0 Å². The molecule has 0 spiro atoms. The molecule has 0 atom stereocenters. The lowest BCUT2D eigenvalue weighted by Gasteiger charge is -2.34. The van der Waals surface area contributed by atoms with Gasteiger partial charge in [0, 0.05) is 44.1 Å². The number of rotatable bonds is 7. The van der Waals surface area contributed by atoms with Crippen LogP contribution in [-0.2, 0) is 11.3 Å². The largest absolute Gasteiger partial charge is 0.394 e. The van der Waals surface area contributed by atoms with E-state index in [-0.39, 0.29) is 6.61 Å². The van der Waals surface area contributed by atoms with Gasteiger partial charge in [-0.3, -0.25) is 9.80 Å². The van der Waals surface area contributed by atoms with Gasteiger partial charge >= 0.3 is 0 Å². The number of aliphatic hydroxyl groups excluding tert-OH is 1. The average Bonchev–Trinajstić information content (AvgIpc) is 2.82. The van der Waals surface area contributed by atoms with Crippen molar-refractivity contribution in [2.75, 3.05) is 52.5 Å². The first-order chi connectivity index (χ1) is 9.29. The van der Waals surface area contributed by atoms with Crippen LogP contribution in [0.25, 0.3) is 0 Å². The minimum atomic E-state index is 0.119. The number of hydrogen-bond acceptors (Lipinski definition) is 5. The number of thiophene rings is 1. The third kappa shape index (κ3) is 4.85. The Morgan fingerprint density at radius 2 is 1.95 bits per heavy atom. The number of hydrogen-bond donors (Lipinski definition) is 1. The van der Waals surface area contributed by atoms with E-state index in [9.17, 15) is 0 Å². The van der Waals surface area contributed by atoms with E-state index in [1.54, 1.807) is 0 Å². The molecule has 0 amide bonds. The molecule has 1 aliphatic heterocycles. The van der Waals surface area contributed by atoms with Crippen molar-refractivity contribution in [2.45, 2.75) is 13.5 Å². The second kappa shape index (κ2) is 7.97. The Labute approximate surface area is 119 Å². The van der Waals surface area contributed by atoms with Crippen molar-refractivity contribution in [3.8, 4) is 0 Å². The van der Waals surface area contributed by atoms with Crippen LogP contribution in [0, 0.1) is 6.92 Å². The monoisotopic (exact) mass is 284 g/mol. The smallest absolute Gasteiger partial charge is 0.0698 e. The fraction of sp³-hybridized carbons (Fsp3) is 0.714. The predicted molar refractivity (Wildman–Crippen MR) is 78.7 cm³/mol. The van der Waals surface area contributed by atoms with E-state index in [0.717, 1.165) is 45.9 Å². The van der Waals surface area contributed by atoms with Crippen molar-refractivity contribution in [2.24, 2.45) is 0 Å². The molecular formula is C14H24N2O2S. The molecule has 0 unspecified atom stereocenters. The summed E-state index contributed by atoms with van der Waals surface area (Å²) in [5.41, 5.74) is 1.42. The lowest BCUT2D eigenvalue weighted by atomic mass is 10.2. The molecule has 1 fully saturated rings. The topological polar surface area (TPSA) is 35.9 Å². The number of aryl methyl sites for hydroxylation is 1. The zero-order chi connectivity index (χ0) is 13.5. The molecule has 0 aliphatic carbocycles. The normalized spacial score (nSPS) is 18.0. The molecule has 108 valence electrons. The Balaban J connectivity index is 1.64. The summed E-state index contributed by atoms with van der Waals surface area (Å²) in [6, 6.07) is 2.20. The van der Waals surface area contributed by atoms with Crippen LogP contribution >= 0.6 is 11.3 Å². The molecule has 2 rings (SSSR count). The van der Waals surface area contributed by atoms with E-state index in [4.69, 9.17) is 9.84 Å². The van der Waals surface area contributed by atoms with Crippen molar-refractivity contribution in [3.63, 3.8) is 0 Å². The van der Waals surface area contributed by atoms with E-state index < -0.39 is 0 Å². The van der Waals surface area contributed by atoms with Crippen LogP contribution in [0.1, 0.15) is 10.4 Å². The number of ether oxygens (including phenoxy) is 1. The Morgan fingerprint density at radius 3 is 2.58 bits per heavy atom. The van der Waals surface area contributed by atoms with Gasteiger partial charge in [0.2, 0.25) is 0 Å². The molecule has 1 saturated heterocycles. The maximum Gasteiger partial charge on any atom is 0.0698 e. The first-order valence-electron chi connectivity index (χ1n) is 6.96. The Bertz CT molecular complexity index is 362. The van der Waals surface area contributed by atoms with Crippen LogP contribution in [-0.4, -0.2) is 67.5 Å². The zero-order valence-corrected chi connectivity index (χ0v) is 12.5. The molecule has 19 heavy (non-hydrogen) atoms. The van der Waals surface area contributed by atoms with Gasteiger partial charge in [-0.15, -0.1) is 11.3 Å². The molecule has 0 aromatic carbocycles. The lowest BCUT2D eigenvalue weighted by molar-refractivity contribution is 0.0565. The standard InChI is InChI=1S/C14H24N2O2S/c1-13-2-11-19-14(13)12-16-5-3-15(4-6-16)7-9-18-10-8-17/h2,11,17H,3-10,12H2,1H3. The van der Waals surface area contributed by atoms with Gasteiger partial charge in [0.25, 0.3) is 0 Å². The van der Waals surface area contributed by atoms with E-state index in [1.807, 2.05) is 11.3 Å². The number of nitrogens with zero attached hydrogens (tertiary/aromatic N) is 2. The van der Waals surface area contributed by atoms with Gasteiger partial charge in [0.05, 0.1) is 19.8 Å². The molecule has 4 nitrogen and oxygen atoms in total. The van der Waals surface area contributed by atoms with Crippen molar-refractivity contribution in [1.29, 1.82) is 0 Å². The highest BCUT2D eigenvalue weighted by Gasteiger charge is 2.17. The van der Waals surface area contributed by atoms with Crippen molar-refractivity contribution in [1.82, 2.24) is 9.80 Å². The Kier molecular flexibility index (Phi) is 6.26. The predicted octanol–water partition coefficient (Wildman–Crippen LogP) is 1.18. The second-order valence-corrected chi connectivity index (χ2v) is 5.98. The number of piperazine rings is 1. The van der Waals surface area contributed by atoms with Crippen molar-refractivity contribution >= 4 is 11.3 Å². The van der Waals surface area contributed by atoms with Gasteiger partial charge in [-0.2, -0.15) is 0 Å². The molecule has 1 aromatic heterocycles. The minimum absolute atomic E-state index is 0.119. The highest BCUT2D eigenvalue weighted by molar-refractivity contribution is 7.10. The zero-order valence-electron chi connectivity index (χ0n) is 11.7. The molecule has 1 N–H and O–H groups in total. The third-order valence-corrected chi connectivity index (χ3v) is 4.60. The minimum Gasteiger partial charge on any atom is -0.394 e. The Morgan fingerprint density at radius 1 is 1.21 bits per heavy atom. The van der Waals surface area contributed by atoms with Crippen LogP contribution in [0.3, 0.4) is 0 Å². The molecule has 1 aliphatic rings. The van der Waals surface area contributed by atoms with Crippen LogP contribution in [0.2, 0.25) is 0 Å². The molecule has 2 heterocycles. The lowest BCUT2D eigenvalue weighted by Crippen LogP contribution is -2.46. The summed E-state index contributed by atoms with van der Waals surface area (Å²) in [4.78, 5) is 6.47. The molecule has 0 radical (unpaired) electrons. The maximum absolute atomic E-state index is 8.64. The summed E-state index contributed by atoms with van der Waals surface area (Å²) < 4.78 is 5.31. The maximum atomic E-state index is 8.64. The summed E-state index contributed by atoms with van der Waals surface area (Å²) in [5, 5.41) is 10.8. The fourth-order valence-corrected chi connectivity index (χ4v) is 3.25. The molecular weight excluding hydrogens is 260 g/mol. The summed E-state index contributed by atoms with van der Waals surface area (Å²) in [7, 11) is 0. The first kappa shape index (κ1) is 14.9. The third-order valence-electron chi connectivity index (χ3n) is 3.59. The summed E-state index contributed by atoms with van der Waals surface area (Å²) in [6.45, 7) is 10.1. The van der Waals surface area contributed by atoms with Gasteiger partial charge in [-0.1, -0.05) is 0 Å². The second-order valence-electron chi connectivity index (χ2n) is 4.98.